The van der Waals surface area contributed by atoms with Crippen LogP contribution >= 0.6 is 24.5 Å². The molecule has 0 aromatic heterocycles. The Kier molecular flexibility index (Phi) is 5.79. The molecule has 1 atom stereocenters. The van der Waals surface area contributed by atoms with Crippen molar-refractivity contribution in [1.82, 2.24) is 5.09 Å². The second-order valence-corrected chi connectivity index (χ2v) is 9.73. The Balaban J connectivity index is 3.95. The van der Waals surface area contributed by atoms with E-state index in [1.807, 2.05) is 6.92 Å². The first-order chi connectivity index (χ1) is 5.77. The molecule has 0 radical (unpaired) electrons. The molecule has 0 heterocycles. The number of rotatable bonds is 6. The Labute approximate surface area is 80.3 Å². The maximum Gasteiger partial charge on any atom is 0.394 e. The third kappa shape index (κ3) is 8.97. The summed E-state index contributed by atoms with van der Waals surface area (Å²) in [5.41, 5.74) is 0. The average molecular weight is 249 g/mol. The predicted octanol–water partition coefficient (Wildman–Crippen LogP) is 1.30. The number of nitrogens with one attached hydrogen (secondary N) is 1. The SMILES string of the molecule is CCCCNP(=O)(O)SP(=O)(O)O. The van der Waals surface area contributed by atoms with E-state index in [-0.39, 0.29) is 17.5 Å². The second kappa shape index (κ2) is 5.51. The van der Waals surface area contributed by atoms with Crippen molar-refractivity contribution in [2.45, 2.75) is 19.8 Å². The van der Waals surface area contributed by atoms with Gasteiger partial charge >= 0.3 is 13.5 Å². The number of hydrogen-bond acceptors (Lipinski definition) is 3. The Bertz CT molecular complexity index is 241. The van der Waals surface area contributed by atoms with Crippen molar-refractivity contribution in [3.8, 4) is 0 Å². The number of unbranched alkanes of at least 4 members (excludes halogenated alkanes) is 1. The standard InChI is InChI=1S/C4H13NO5P2S/c1-2-3-4-5-11(6,7)13-12(8,9)10/h2-4H2,1H3,(H2,5,6,7)(H2,8,9,10). The van der Waals surface area contributed by atoms with Gasteiger partial charge in [0.25, 0.3) is 0 Å². The highest BCUT2D eigenvalue weighted by molar-refractivity contribution is 8.84. The monoisotopic (exact) mass is 249 g/mol. The summed E-state index contributed by atoms with van der Waals surface area (Å²) >= 11 is -0.224. The van der Waals surface area contributed by atoms with Gasteiger partial charge in [-0.05, 0) is 6.42 Å². The molecule has 0 amide bonds. The summed E-state index contributed by atoms with van der Waals surface area (Å²) in [7, 11) is 0. The molecule has 0 saturated carbocycles. The Morgan fingerprint density at radius 2 is 1.85 bits per heavy atom. The van der Waals surface area contributed by atoms with Crippen molar-refractivity contribution < 1.29 is 23.8 Å². The van der Waals surface area contributed by atoms with E-state index >= 15 is 0 Å². The molecule has 1 unspecified atom stereocenters. The molecule has 0 spiro atoms. The smallest absolute Gasteiger partial charge is 0.325 e. The summed E-state index contributed by atoms with van der Waals surface area (Å²) in [5, 5.41) is 2.20. The molecule has 0 fully saturated rings. The van der Waals surface area contributed by atoms with Crippen molar-refractivity contribution in [2.75, 3.05) is 6.54 Å². The van der Waals surface area contributed by atoms with Gasteiger partial charge in [0.1, 0.15) is 0 Å². The maximum absolute atomic E-state index is 11.0. The minimum Gasteiger partial charge on any atom is -0.325 e. The average Bonchev–Trinajstić information content (AvgIpc) is 1.81. The zero-order valence-corrected chi connectivity index (χ0v) is 9.69. The Morgan fingerprint density at radius 3 is 2.23 bits per heavy atom. The molecule has 9 heteroatoms. The molecule has 6 nitrogen and oxygen atoms in total. The minimum absolute atomic E-state index is 0.224. The first-order valence-corrected chi connectivity index (χ1v) is 8.91. The molecule has 13 heavy (non-hydrogen) atoms. The van der Waals surface area contributed by atoms with E-state index < -0.39 is 13.5 Å². The van der Waals surface area contributed by atoms with Crippen molar-refractivity contribution >= 4 is 24.5 Å². The van der Waals surface area contributed by atoms with Crippen LogP contribution in [0.3, 0.4) is 0 Å². The molecule has 0 rings (SSSR count). The molecule has 4 N–H and O–H groups in total. The molecule has 0 aliphatic rings. The largest absolute Gasteiger partial charge is 0.394 e. The molecule has 0 aromatic carbocycles. The van der Waals surface area contributed by atoms with E-state index in [4.69, 9.17) is 14.7 Å². The van der Waals surface area contributed by atoms with E-state index in [1.165, 1.54) is 0 Å². The van der Waals surface area contributed by atoms with Crippen LogP contribution in [0.5, 0.6) is 0 Å². The first-order valence-electron chi connectivity index (χ1n) is 3.61. The van der Waals surface area contributed by atoms with Crippen LogP contribution in [-0.2, 0) is 9.13 Å². The van der Waals surface area contributed by atoms with Crippen LogP contribution in [0.4, 0.5) is 0 Å². The highest BCUT2D eigenvalue weighted by Crippen LogP contribution is 2.69. The molecule has 0 bridgehead atoms. The van der Waals surface area contributed by atoms with E-state index in [2.05, 4.69) is 5.09 Å². The molecule has 0 aliphatic carbocycles. The maximum atomic E-state index is 11.0. The van der Waals surface area contributed by atoms with E-state index in [0.717, 1.165) is 6.42 Å². The molecule has 0 aromatic rings. The van der Waals surface area contributed by atoms with Crippen LogP contribution in [0.25, 0.3) is 0 Å². The van der Waals surface area contributed by atoms with Crippen molar-refractivity contribution in [3.63, 3.8) is 0 Å². The van der Waals surface area contributed by atoms with Gasteiger partial charge in [-0.3, -0.25) is 4.57 Å². The molecule has 0 saturated heterocycles. The summed E-state index contributed by atoms with van der Waals surface area (Å²) < 4.78 is 21.4. The Hall–Kier alpha value is 0.650. The highest BCUT2D eigenvalue weighted by atomic mass is 33.1. The lowest BCUT2D eigenvalue weighted by Crippen LogP contribution is -2.09. The summed E-state index contributed by atoms with van der Waals surface area (Å²) in [4.78, 5) is 25.8. The lowest BCUT2D eigenvalue weighted by molar-refractivity contribution is 0.397. The zero-order chi connectivity index (χ0) is 10.5. The summed E-state index contributed by atoms with van der Waals surface area (Å²) in [6, 6.07) is 0. The quantitative estimate of drug-likeness (QED) is 0.415. The first kappa shape index (κ1) is 13.7. The van der Waals surface area contributed by atoms with Gasteiger partial charge in [-0.25, -0.2) is 9.65 Å². The van der Waals surface area contributed by atoms with Crippen LogP contribution in [0.15, 0.2) is 0 Å². The highest BCUT2D eigenvalue weighted by Gasteiger charge is 2.30. The summed E-state index contributed by atoms with van der Waals surface area (Å²) in [6.45, 7) is -6.26. The van der Waals surface area contributed by atoms with Gasteiger partial charge in [0.15, 0.2) is 0 Å². The van der Waals surface area contributed by atoms with E-state index in [1.54, 1.807) is 0 Å². The van der Waals surface area contributed by atoms with Gasteiger partial charge < -0.3 is 14.7 Å². The fraction of sp³-hybridized carbons (Fsp3) is 1.00. The van der Waals surface area contributed by atoms with Crippen LogP contribution in [0.2, 0.25) is 0 Å². The predicted molar refractivity (Wildman–Crippen MR) is 52.4 cm³/mol. The molecular weight excluding hydrogens is 236 g/mol. The fourth-order valence-corrected chi connectivity index (χ4v) is 5.78. The number of hydrogen-bond donors (Lipinski definition) is 4. The third-order valence-corrected chi connectivity index (χ3v) is 7.71. The van der Waals surface area contributed by atoms with Crippen molar-refractivity contribution in [3.05, 3.63) is 0 Å². The van der Waals surface area contributed by atoms with E-state index in [0.29, 0.717) is 6.42 Å². The van der Waals surface area contributed by atoms with Gasteiger partial charge in [-0.1, -0.05) is 13.3 Å². The normalized spacial score (nSPS) is 16.9. The van der Waals surface area contributed by atoms with Gasteiger partial charge in [0.2, 0.25) is 0 Å². The van der Waals surface area contributed by atoms with Gasteiger partial charge in [0.05, 0.1) is 11.0 Å². The molecular formula is C4H13NO5P2S. The second-order valence-electron chi connectivity index (χ2n) is 2.35. The van der Waals surface area contributed by atoms with Gasteiger partial charge in [0, 0.05) is 6.54 Å². The third-order valence-electron chi connectivity index (χ3n) is 1.06. The van der Waals surface area contributed by atoms with Gasteiger partial charge in [-0.15, -0.1) is 0 Å². The molecule has 80 valence electrons. The van der Waals surface area contributed by atoms with Crippen molar-refractivity contribution in [2.24, 2.45) is 0 Å². The van der Waals surface area contributed by atoms with Crippen LogP contribution in [0, 0.1) is 0 Å². The van der Waals surface area contributed by atoms with E-state index in [9.17, 15) is 9.13 Å². The fourth-order valence-electron chi connectivity index (χ4n) is 0.570. The van der Waals surface area contributed by atoms with Crippen LogP contribution < -0.4 is 5.09 Å². The van der Waals surface area contributed by atoms with Crippen molar-refractivity contribution in [1.29, 1.82) is 0 Å². The lowest BCUT2D eigenvalue weighted by Gasteiger charge is -2.11. The topological polar surface area (TPSA) is 107 Å². The summed E-state index contributed by atoms with van der Waals surface area (Å²) in [5.74, 6) is 0. The molecule has 0 aliphatic heterocycles. The zero-order valence-electron chi connectivity index (χ0n) is 7.08. The van der Waals surface area contributed by atoms with Gasteiger partial charge in [-0.2, -0.15) is 0 Å². The van der Waals surface area contributed by atoms with Crippen LogP contribution in [-0.4, -0.2) is 21.2 Å². The van der Waals surface area contributed by atoms with Crippen LogP contribution in [0.1, 0.15) is 19.8 Å². The summed E-state index contributed by atoms with van der Waals surface area (Å²) in [6.07, 6.45) is 1.53. The Morgan fingerprint density at radius 1 is 1.31 bits per heavy atom. The minimum atomic E-state index is -4.49. The lowest BCUT2D eigenvalue weighted by atomic mass is 10.3.